The highest BCUT2D eigenvalue weighted by molar-refractivity contribution is 5.73. The zero-order valence-corrected chi connectivity index (χ0v) is 10.1. The first kappa shape index (κ1) is 12.6. The highest BCUT2D eigenvalue weighted by Crippen LogP contribution is 2.21. The van der Waals surface area contributed by atoms with Crippen molar-refractivity contribution in [1.82, 2.24) is 0 Å². The van der Waals surface area contributed by atoms with Crippen molar-refractivity contribution in [2.24, 2.45) is 0 Å². The van der Waals surface area contributed by atoms with Crippen LogP contribution < -0.4 is 4.74 Å². The van der Waals surface area contributed by atoms with E-state index in [4.69, 9.17) is 9.47 Å². The van der Waals surface area contributed by atoms with E-state index in [9.17, 15) is 4.79 Å². The van der Waals surface area contributed by atoms with Crippen molar-refractivity contribution in [2.45, 2.75) is 26.7 Å². The van der Waals surface area contributed by atoms with Gasteiger partial charge in [0.1, 0.15) is 5.75 Å². The first-order chi connectivity index (χ1) is 7.71. The van der Waals surface area contributed by atoms with Gasteiger partial charge in [-0.15, -0.1) is 0 Å². The number of ether oxygens (including phenoxy) is 2. The summed E-state index contributed by atoms with van der Waals surface area (Å²) in [6.07, 6.45) is 1.21. The summed E-state index contributed by atoms with van der Waals surface area (Å²) in [5.41, 5.74) is 2.08. The average Bonchev–Trinajstić information content (AvgIpc) is 2.29. The topological polar surface area (TPSA) is 35.5 Å². The Morgan fingerprint density at radius 3 is 2.62 bits per heavy atom. The Bertz CT molecular complexity index is 358. The van der Waals surface area contributed by atoms with Crippen molar-refractivity contribution < 1.29 is 14.3 Å². The lowest BCUT2D eigenvalue weighted by molar-refractivity contribution is -0.142. The molecule has 1 rings (SSSR count). The molecular weight excluding hydrogens is 204 g/mol. The number of carbonyl (C=O) groups is 1. The minimum Gasteiger partial charge on any atom is -0.496 e. The molecule has 1 aromatic carbocycles. The molecule has 0 spiro atoms. The van der Waals surface area contributed by atoms with E-state index in [0.717, 1.165) is 17.7 Å². The summed E-state index contributed by atoms with van der Waals surface area (Å²) >= 11 is 0. The van der Waals surface area contributed by atoms with E-state index in [-0.39, 0.29) is 12.4 Å². The lowest BCUT2D eigenvalue weighted by Gasteiger charge is -2.09. The standard InChI is InChI=1S/C13H18O3/c1-4-10-6-7-12(15-3)11(8-10)9-13(14)16-5-2/h6-8H,4-5,9H2,1-3H3. The molecule has 0 radical (unpaired) electrons. The molecule has 1 aromatic rings. The summed E-state index contributed by atoms with van der Waals surface area (Å²) < 4.78 is 10.1. The Hall–Kier alpha value is -1.51. The van der Waals surface area contributed by atoms with Crippen LogP contribution in [0.4, 0.5) is 0 Å². The number of methoxy groups -OCH3 is 1. The monoisotopic (exact) mass is 222 g/mol. The van der Waals surface area contributed by atoms with Crippen molar-refractivity contribution in [1.29, 1.82) is 0 Å². The van der Waals surface area contributed by atoms with Gasteiger partial charge >= 0.3 is 5.97 Å². The van der Waals surface area contributed by atoms with Gasteiger partial charge in [-0.3, -0.25) is 4.79 Å². The molecule has 0 bridgehead atoms. The number of aryl methyl sites for hydroxylation is 1. The van der Waals surface area contributed by atoms with Crippen LogP contribution in [0.15, 0.2) is 18.2 Å². The fourth-order valence-corrected chi connectivity index (χ4v) is 1.56. The number of esters is 1. The molecule has 3 heteroatoms. The summed E-state index contributed by atoms with van der Waals surface area (Å²) in [7, 11) is 1.61. The van der Waals surface area contributed by atoms with Crippen molar-refractivity contribution in [3.8, 4) is 5.75 Å². The van der Waals surface area contributed by atoms with Crippen LogP contribution in [-0.4, -0.2) is 19.7 Å². The van der Waals surface area contributed by atoms with Gasteiger partial charge in [-0.05, 0) is 25.0 Å². The van der Waals surface area contributed by atoms with Crippen LogP contribution in [0.5, 0.6) is 5.75 Å². The van der Waals surface area contributed by atoms with E-state index >= 15 is 0 Å². The molecule has 0 unspecified atom stereocenters. The minimum atomic E-state index is -0.214. The van der Waals surface area contributed by atoms with E-state index in [1.807, 2.05) is 18.2 Å². The van der Waals surface area contributed by atoms with Gasteiger partial charge in [0.25, 0.3) is 0 Å². The van der Waals surface area contributed by atoms with E-state index in [0.29, 0.717) is 6.61 Å². The predicted octanol–water partition coefficient (Wildman–Crippen LogP) is 2.36. The zero-order chi connectivity index (χ0) is 12.0. The van der Waals surface area contributed by atoms with Crippen LogP contribution in [0.25, 0.3) is 0 Å². The third kappa shape index (κ3) is 3.26. The van der Waals surface area contributed by atoms with E-state index < -0.39 is 0 Å². The highest BCUT2D eigenvalue weighted by Gasteiger charge is 2.09. The molecule has 0 aliphatic rings. The summed E-state index contributed by atoms with van der Waals surface area (Å²) in [5.74, 6) is 0.527. The quantitative estimate of drug-likeness (QED) is 0.717. The van der Waals surface area contributed by atoms with Gasteiger partial charge < -0.3 is 9.47 Å². The van der Waals surface area contributed by atoms with Gasteiger partial charge in [-0.1, -0.05) is 19.1 Å². The molecule has 0 amide bonds. The second-order valence-electron chi connectivity index (χ2n) is 3.48. The molecule has 16 heavy (non-hydrogen) atoms. The van der Waals surface area contributed by atoms with Crippen LogP contribution in [0.1, 0.15) is 25.0 Å². The lowest BCUT2D eigenvalue weighted by Crippen LogP contribution is -2.08. The minimum absolute atomic E-state index is 0.214. The maximum absolute atomic E-state index is 11.4. The van der Waals surface area contributed by atoms with Crippen LogP contribution in [0.3, 0.4) is 0 Å². The van der Waals surface area contributed by atoms with Gasteiger partial charge in [0.05, 0.1) is 20.1 Å². The van der Waals surface area contributed by atoms with E-state index in [1.54, 1.807) is 14.0 Å². The summed E-state index contributed by atoms with van der Waals surface area (Å²) in [6, 6.07) is 5.90. The Labute approximate surface area is 96.4 Å². The Balaban J connectivity index is 2.86. The van der Waals surface area contributed by atoms with Gasteiger partial charge in [0.2, 0.25) is 0 Å². The van der Waals surface area contributed by atoms with Crippen LogP contribution in [0, 0.1) is 0 Å². The Kier molecular flexibility index (Phi) is 4.83. The molecule has 0 aromatic heterocycles. The molecule has 0 fully saturated rings. The Morgan fingerprint density at radius 1 is 1.31 bits per heavy atom. The highest BCUT2D eigenvalue weighted by atomic mass is 16.5. The molecule has 88 valence electrons. The van der Waals surface area contributed by atoms with Crippen LogP contribution >= 0.6 is 0 Å². The Morgan fingerprint density at radius 2 is 2.06 bits per heavy atom. The lowest BCUT2D eigenvalue weighted by atomic mass is 10.1. The number of benzene rings is 1. The fraction of sp³-hybridized carbons (Fsp3) is 0.462. The molecule has 0 aliphatic carbocycles. The molecule has 0 saturated carbocycles. The molecule has 0 N–H and O–H groups in total. The van der Waals surface area contributed by atoms with Crippen LogP contribution in [0.2, 0.25) is 0 Å². The van der Waals surface area contributed by atoms with E-state index in [2.05, 4.69) is 6.92 Å². The molecule has 0 saturated heterocycles. The second kappa shape index (κ2) is 6.16. The number of hydrogen-bond acceptors (Lipinski definition) is 3. The maximum atomic E-state index is 11.4. The van der Waals surface area contributed by atoms with Gasteiger partial charge in [0.15, 0.2) is 0 Å². The van der Waals surface area contributed by atoms with Gasteiger partial charge in [0, 0.05) is 5.56 Å². The number of hydrogen-bond donors (Lipinski definition) is 0. The third-order valence-electron chi connectivity index (χ3n) is 2.39. The molecule has 3 nitrogen and oxygen atoms in total. The zero-order valence-electron chi connectivity index (χ0n) is 10.1. The summed E-state index contributed by atoms with van der Waals surface area (Å²) in [6.45, 7) is 4.29. The van der Waals surface area contributed by atoms with Crippen molar-refractivity contribution in [2.75, 3.05) is 13.7 Å². The molecule has 0 atom stereocenters. The fourth-order valence-electron chi connectivity index (χ4n) is 1.56. The number of rotatable bonds is 5. The maximum Gasteiger partial charge on any atom is 0.310 e. The first-order valence-electron chi connectivity index (χ1n) is 5.52. The van der Waals surface area contributed by atoms with Crippen molar-refractivity contribution in [3.63, 3.8) is 0 Å². The number of carbonyl (C=O) groups excluding carboxylic acids is 1. The third-order valence-corrected chi connectivity index (χ3v) is 2.39. The van der Waals surface area contributed by atoms with Crippen molar-refractivity contribution >= 4 is 5.97 Å². The molecule has 0 heterocycles. The smallest absolute Gasteiger partial charge is 0.310 e. The second-order valence-corrected chi connectivity index (χ2v) is 3.48. The van der Waals surface area contributed by atoms with Gasteiger partial charge in [-0.2, -0.15) is 0 Å². The average molecular weight is 222 g/mol. The SMILES string of the molecule is CCOC(=O)Cc1cc(CC)ccc1OC. The van der Waals surface area contributed by atoms with Crippen LogP contribution in [-0.2, 0) is 22.4 Å². The first-order valence-corrected chi connectivity index (χ1v) is 5.52. The largest absolute Gasteiger partial charge is 0.496 e. The molecular formula is C13H18O3. The van der Waals surface area contributed by atoms with Gasteiger partial charge in [-0.25, -0.2) is 0 Å². The normalized spacial score (nSPS) is 9.94. The van der Waals surface area contributed by atoms with Crippen molar-refractivity contribution in [3.05, 3.63) is 29.3 Å². The summed E-state index contributed by atoms with van der Waals surface area (Å²) in [4.78, 5) is 11.4. The predicted molar refractivity (Wildman–Crippen MR) is 62.7 cm³/mol. The summed E-state index contributed by atoms with van der Waals surface area (Å²) in [5, 5.41) is 0. The van der Waals surface area contributed by atoms with E-state index in [1.165, 1.54) is 5.56 Å². The molecule has 0 aliphatic heterocycles.